The van der Waals surface area contributed by atoms with Crippen molar-refractivity contribution in [2.75, 3.05) is 0 Å². The van der Waals surface area contributed by atoms with Gasteiger partial charge in [-0.3, -0.25) is 4.79 Å². The number of hydrogen-bond donors (Lipinski definition) is 3. The van der Waals surface area contributed by atoms with Crippen LogP contribution in [0.15, 0.2) is 30.3 Å². The van der Waals surface area contributed by atoms with Gasteiger partial charge < -0.3 is 15.3 Å². The minimum Gasteiger partial charge on any atom is -0.481 e. The SMILES string of the molecule is CC(C)c1nnn(-c2ccc(Cl)cc2)c1C=CC(O)CC(O)CC(=O)O. The average Bonchev–Trinajstić information content (AvgIpc) is 2.96. The summed E-state index contributed by atoms with van der Waals surface area (Å²) in [7, 11) is 0. The Bertz CT molecular complexity index is 771. The van der Waals surface area contributed by atoms with Gasteiger partial charge in [-0.25, -0.2) is 4.68 Å². The molecular formula is C18H22ClN3O4. The lowest BCUT2D eigenvalue weighted by Gasteiger charge is -2.11. The molecule has 0 radical (unpaired) electrons. The summed E-state index contributed by atoms with van der Waals surface area (Å²) in [6, 6.07) is 7.12. The second-order valence-corrected chi connectivity index (χ2v) is 6.75. The van der Waals surface area contributed by atoms with E-state index in [0.717, 1.165) is 11.4 Å². The van der Waals surface area contributed by atoms with Crippen LogP contribution in [0.2, 0.25) is 5.02 Å². The van der Waals surface area contributed by atoms with Crippen molar-refractivity contribution in [1.29, 1.82) is 0 Å². The lowest BCUT2D eigenvalue weighted by atomic mass is 10.1. The fourth-order valence-electron chi connectivity index (χ4n) is 2.49. The maximum Gasteiger partial charge on any atom is 0.305 e. The van der Waals surface area contributed by atoms with E-state index >= 15 is 0 Å². The number of hydrogen-bond acceptors (Lipinski definition) is 5. The molecule has 2 rings (SSSR count). The van der Waals surface area contributed by atoms with Gasteiger partial charge in [-0.15, -0.1) is 5.10 Å². The summed E-state index contributed by atoms with van der Waals surface area (Å²) < 4.78 is 1.64. The molecule has 0 aliphatic heterocycles. The number of carbonyl (C=O) groups is 1. The number of benzene rings is 1. The topological polar surface area (TPSA) is 108 Å². The van der Waals surface area contributed by atoms with Crippen molar-refractivity contribution in [3.05, 3.63) is 46.8 Å². The van der Waals surface area contributed by atoms with Gasteiger partial charge in [0, 0.05) is 11.4 Å². The zero-order valence-electron chi connectivity index (χ0n) is 14.6. The number of halogens is 1. The molecule has 0 spiro atoms. The monoisotopic (exact) mass is 379 g/mol. The first-order valence-electron chi connectivity index (χ1n) is 8.25. The van der Waals surface area contributed by atoms with Gasteiger partial charge in [0.15, 0.2) is 0 Å². The number of rotatable bonds is 8. The van der Waals surface area contributed by atoms with Crippen LogP contribution in [0.25, 0.3) is 11.8 Å². The van der Waals surface area contributed by atoms with Gasteiger partial charge in [-0.2, -0.15) is 0 Å². The van der Waals surface area contributed by atoms with Crippen LogP contribution >= 0.6 is 11.6 Å². The van der Waals surface area contributed by atoms with Gasteiger partial charge >= 0.3 is 5.97 Å². The number of aliphatic hydroxyl groups excluding tert-OH is 2. The van der Waals surface area contributed by atoms with E-state index in [2.05, 4.69) is 10.3 Å². The Labute approximate surface area is 156 Å². The molecule has 0 amide bonds. The number of aliphatic carboxylic acids is 1. The molecule has 2 atom stereocenters. The third kappa shape index (κ3) is 5.39. The highest BCUT2D eigenvalue weighted by Crippen LogP contribution is 2.22. The second-order valence-electron chi connectivity index (χ2n) is 6.32. The molecule has 3 N–H and O–H groups in total. The van der Waals surface area contributed by atoms with Crippen LogP contribution in [0.3, 0.4) is 0 Å². The van der Waals surface area contributed by atoms with E-state index in [1.807, 2.05) is 26.0 Å². The molecule has 1 aromatic heterocycles. The van der Waals surface area contributed by atoms with Gasteiger partial charge in [0.1, 0.15) is 0 Å². The van der Waals surface area contributed by atoms with Crippen molar-refractivity contribution in [3.8, 4) is 5.69 Å². The molecule has 1 aromatic carbocycles. The summed E-state index contributed by atoms with van der Waals surface area (Å²) in [4.78, 5) is 10.6. The lowest BCUT2D eigenvalue weighted by molar-refractivity contribution is -0.139. The first-order chi connectivity index (χ1) is 12.3. The van der Waals surface area contributed by atoms with Crippen molar-refractivity contribution < 1.29 is 20.1 Å². The molecule has 0 aliphatic rings. The third-order valence-electron chi connectivity index (χ3n) is 3.75. The minimum absolute atomic E-state index is 0.0671. The fourth-order valence-corrected chi connectivity index (χ4v) is 2.61. The van der Waals surface area contributed by atoms with E-state index in [0.29, 0.717) is 10.7 Å². The van der Waals surface area contributed by atoms with Gasteiger partial charge in [0.05, 0.1) is 35.7 Å². The van der Waals surface area contributed by atoms with Gasteiger partial charge in [-0.1, -0.05) is 36.7 Å². The first kappa shape index (κ1) is 20.1. The molecule has 0 fully saturated rings. The molecule has 8 heteroatoms. The van der Waals surface area contributed by atoms with E-state index in [1.165, 1.54) is 6.08 Å². The summed E-state index contributed by atoms with van der Waals surface area (Å²) in [6.07, 6.45) is 0.604. The van der Waals surface area contributed by atoms with Crippen molar-refractivity contribution in [1.82, 2.24) is 15.0 Å². The Morgan fingerprint density at radius 1 is 1.27 bits per heavy atom. The second kappa shape index (κ2) is 8.93. The largest absolute Gasteiger partial charge is 0.481 e. The molecule has 2 aromatic rings. The van der Waals surface area contributed by atoms with E-state index in [4.69, 9.17) is 16.7 Å². The quantitative estimate of drug-likeness (QED) is 0.650. The number of aliphatic hydroxyl groups is 2. The van der Waals surface area contributed by atoms with Crippen molar-refractivity contribution in [2.24, 2.45) is 0 Å². The minimum atomic E-state index is -1.11. The molecule has 0 saturated carbocycles. The highest BCUT2D eigenvalue weighted by molar-refractivity contribution is 6.30. The smallest absolute Gasteiger partial charge is 0.305 e. The van der Waals surface area contributed by atoms with Crippen molar-refractivity contribution in [3.63, 3.8) is 0 Å². The van der Waals surface area contributed by atoms with Crippen LogP contribution in [0, 0.1) is 0 Å². The van der Waals surface area contributed by atoms with E-state index < -0.39 is 24.6 Å². The fraction of sp³-hybridized carbons (Fsp3) is 0.389. The number of nitrogens with zero attached hydrogens (tertiary/aromatic N) is 3. The molecule has 26 heavy (non-hydrogen) atoms. The number of carboxylic acids is 1. The summed E-state index contributed by atoms with van der Waals surface area (Å²) in [6.45, 7) is 3.97. The molecule has 2 unspecified atom stereocenters. The zero-order valence-corrected chi connectivity index (χ0v) is 15.3. The van der Waals surface area contributed by atoms with E-state index in [9.17, 15) is 15.0 Å². The molecular weight excluding hydrogens is 358 g/mol. The summed E-state index contributed by atoms with van der Waals surface area (Å²) >= 11 is 5.92. The summed E-state index contributed by atoms with van der Waals surface area (Å²) in [5.41, 5.74) is 2.23. The van der Waals surface area contributed by atoms with Gasteiger partial charge in [-0.05, 0) is 36.3 Å². The third-order valence-corrected chi connectivity index (χ3v) is 4.00. The highest BCUT2D eigenvalue weighted by Gasteiger charge is 2.17. The normalized spacial score (nSPS) is 14.1. The van der Waals surface area contributed by atoms with E-state index in [-0.39, 0.29) is 12.3 Å². The number of aromatic nitrogens is 3. The Balaban J connectivity index is 2.25. The van der Waals surface area contributed by atoms with Crippen molar-refractivity contribution in [2.45, 2.75) is 44.8 Å². The van der Waals surface area contributed by atoms with Gasteiger partial charge in [0.25, 0.3) is 0 Å². The maximum absolute atomic E-state index is 10.6. The van der Waals surface area contributed by atoms with Crippen LogP contribution in [-0.4, -0.2) is 48.5 Å². The van der Waals surface area contributed by atoms with Crippen LogP contribution in [0.1, 0.15) is 44.0 Å². The Kier molecular flexibility index (Phi) is 6.90. The molecule has 7 nitrogen and oxygen atoms in total. The van der Waals surface area contributed by atoms with Crippen LogP contribution in [0.4, 0.5) is 0 Å². The maximum atomic E-state index is 10.6. The lowest BCUT2D eigenvalue weighted by Crippen LogP contribution is -2.19. The highest BCUT2D eigenvalue weighted by atomic mass is 35.5. The van der Waals surface area contributed by atoms with Crippen molar-refractivity contribution >= 4 is 23.6 Å². The van der Waals surface area contributed by atoms with Crippen LogP contribution in [0.5, 0.6) is 0 Å². The number of carboxylic acid groups (broad SMARTS) is 1. The molecule has 1 heterocycles. The van der Waals surface area contributed by atoms with E-state index in [1.54, 1.807) is 22.9 Å². The Morgan fingerprint density at radius 3 is 2.50 bits per heavy atom. The van der Waals surface area contributed by atoms with Gasteiger partial charge in [0.2, 0.25) is 0 Å². The predicted octanol–water partition coefficient (Wildman–Crippen LogP) is 2.64. The predicted molar refractivity (Wildman–Crippen MR) is 98.4 cm³/mol. The Morgan fingerprint density at radius 2 is 1.92 bits per heavy atom. The average molecular weight is 380 g/mol. The van der Waals surface area contributed by atoms with Crippen LogP contribution < -0.4 is 0 Å². The van der Waals surface area contributed by atoms with Crippen LogP contribution in [-0.2, 0) is 4.79 Å². The molecule has 140 valence electrons. The summed E-state index contributed by atoms with van der Waals surface area (Å²) in [5.74, 6) is -0.994. The first-order valence-corrected chi connectivity index (χ1v) is 8.63. The molecule has 0 saturated heterocycles. The molecule has 0 aliphatic carbocycles. The zero-order chi connectivity index (χ0) is 19.3. The Hall–Kier alpha value is -2.22. The molecule has 0 bridgehead atoms. The standard InChI is InChI=1S/C18H22ClN3O4/c1-11(2)18-16(8-7-14(23)9-15(24)10-17(25)26)22(21-20-18)13-5-3-12(19)4-6-13/h3-8,11,14-15,23-24H,9-10H2,1-2H3,(H,25,26). The summed E-state index contributed by atoms with van der Waals surface area (Å²) in [5, 5.41) is 37.4.